The molecule has 4 nitrogen and oxygen atoms in total. The molecule has 7 heteroatoms. The molecule has 1 saturated heterocycles. The summed E-state index contributed by atoms with van der Waals surface area (Å²) in [4.78, 5) is 13.9. The van der Waals surface area contributed by atoms with E-state index in [1.54, 1.807) is 4.90 Å². The van der Waals surface area contributed by atoms with Gasteiger partial charge in [-0.2, -0.15) is 13.2 Å². The summed E-state index contributed by atoms with van der Waals surface area (Å²) >= 11 is 0. The minimum absolute atomic E-state index is 0.0543. The predicted molar refractivity (Wildman–Crippen MR) is 80.9 cm³/mol. The predicted octanol–water partition coefficient (Wildman–Crippen LogP) is 3.30. The average molecular weight is 336 g/mol. The lowest BCUT2D eigenvalue weighted by Gasteiger charge is -2.41. The monoisotopic (exact) mass is 336 g/mol. The molecule has 0 aromatic carbocycles. The van der Waals surface area contributed by atoms with Crippen LogP contribution in [0.2, 0.25) is 0 Å². The molecule has 2 rings (SSSR count). The first-order chi connectivity index (χ1) is 10.6. The molecular weight excluding hydrogens is 309 g/mol. The van der Waals surface area contributed by atoms with E-state index in [2.05, 4.69) is 19.2 Å². The Labute approximate surface area is 135 Å². The van der Waals surface area contributed by atoms with Crippen molar-refractivity contribution >= 4 is 6.03 Å². The molecule has 2 atom stereocenters. The number of rotatable bonds is 2. The van der Waals surface area contributed by atoms with E-state index in [-0.39, 0.29) is 43.4 Å². The van der Waals surface area contributed by atoms with Gasteiger partial charge in [0.2, 0.25) is 0 Å². The zero-order valence-corrected chi connectivity index (χ0v) is 13.8. The second-order valence-electron chi connectivity index (χ2n) is 7.55. The van der Waals surface area contributed by atoms with Crippen molar-refractivity contribution in [3.8, 4) is 0 Å². The molecule has 2 unspecified atom stereocenters. The number of amides is 2. The van der Waals surface area contributed by atoms with Gasteiger partial charge in [0.05, 0.1) is 0 Å². The van der Waals surface area contributed by atoms with Crippen LogP contribution in [0, 0.1) is 11.3 Å². The van der Waals surface area contributed by atoms with Crippen LogP contribution in [0.3, 0.4) is 0 Å². The molecule has 2 N–H and O–H groups in total. The van der Waals surface area contributed by atoms with Crippen molar-refractivity contribution in [2.24, 2.45) is 11.3 Å². The highest BCUT2D eigenvalue weighted by Crippen LogP contribution is 2.36. The fraction of sp³-hybridized carbons (Fsp3) is 0.938. The third-order valence-electron chi connectivity index (χ3n) is 5.41. The molecule has 2 fully saturated rings. The number of hydrogen-bond acceptors (Lipinski definition) is 2. The molecule has 0 bridgehead atoms. The molecule has 0 spiro atoms. The lowest BCUT2D eigenvalue weighted by molar-refractivity contribution is -0.222. The van der Waals surface area contributed by atoms with Crippen molar-refractivity contribution in [3.05, 3.63) is 0 Å². The number of hydrogen-bond donors (Lipinski definition) is 2. The second-order valence-corrected chi connectivity index (χ2v) is 7.55. The third-order valence-corrected chi connectivity index (χ3v) is 5.41. The van der Waals surface area contributed by atoms with Crippen molar-refractivity contribution in [1.29, 1.82) is 0 Å². The summed E-state index contributed by atoms with van der Waals surface area (Å²) in [5.41, 5.74) is 0.0543. The summed E-state index contributed by atoms with van der Waals surface area (Å²) < 4.78 is 37.6. The van der Waals surface area contributed by atoms with Crippen molar-refractivity contribution < 1.29 is 23.1 Å². The summed E-state index contributed by atoms with van der Waals surface area (Å²) in [6.45, 7) is 4.81. The van der Waals surface area contributed by atoms with E-state index in [1.807, 2.05) is 0 Å². The van der Waals surface area contributed by atoms with Crippen LogP contribution in [0.1, 0.15) is 52.4 Å². The molecule has 0 aromatic heterocycles. The van der Waals surface area contributed by atoms with Gasteiger partial charge in [-0.15, -0.1) is 0 Å². The zero-order valence-electron chi connectivity index (χ0n) is 13.8. The standard InChI is InChI=1S/C16H27F3N2O2/c1-15(2)8-4-3-5-12(15)20-14(23)21-9-6-11(7-10-21)13(22)16(17,18)19/h11-13,22H,3-10H2,1-2H3,(H,20,23). The fourth-order valence-electron chi connectivity index (χ4n) is 3.69. The van der Waals surface area contributed by atoms with Crippen LogP contribution in [0.15, 0.2) is 0 Å². The van der Waals surface area contributed by atoms with Crippen molar-refractivity contribution in [2.45, 2.75) is 70.7 Å². The molecule has 0 aromatic rings. The smallest absolute Gasteiger partial charge is 0.383 e. The molecule has 1 aliphatic heterocycles. The van der Waals surface area contributed by atoms with Gasteiger partial charge in [-0.25, -0.2) is 4.79 Å². The highest BCUT2D eigenvalue weighted by Gasteiger charge is 2.44. The van der Waals surface area contributed by atoms with Gasteiger partial charge in [0.1, 0.15) is 0 Å². The lowest BCUT2D eigenvalue weighted by Crippen LogP contribution is -2.54. The average Bonchev–Trinajstić information content (AvgIpc) is 2.47. The number of carbonyl (C=O) groups excluding carboxylic acids is 1. The van der Waals surface area contributed by atoms with Crippen molar-refractivity contribution in [1.82, 2.24) is 10.2 Å². The maximum atomic E-state index is 12.5. The van der Waals surface area contributed by atoms with Gasteiger partial charge in [0.25, 0.3) is 0 Å². The van der Waals surface area contributed by atoms with Crippen LogP contribution >= 0.6 is 0 Å². The minimum Gasteiger partial charge on any atom is -0.383 e. The van der Waals surface area contributed by atoms with E-state index in [4.69, 9.17) is 0 Å². The Morgan fingerprint density at radius 3 is 2.35 bits per heavy atom. The Kier molecular flexibility index (Phi) is 5.48. The number of nitrogens with zero attached hydrogens (tertiary/aromatic N) is 1. The van der Waals surface area contributed by atoms with E-state index in [9.17, 15) is 23.1 Å². The van der Waals surface area contributed by atoms with E-state index < -0.39 is 18.2 Å². The van der Waals surface area contributed by atoms with E-state index in [0.717, 1.165) is 19.3 Å². The summed E-state index contributed by atoms with van der Waals surface area (Å²) in [7, 11) is 0. The summed E-state index contributed by atoms with van der Waals surface area (Å²) in [6, 6.07) is -0.0767. The molecule has 2 aliphatic rings. The van der Waals surface area contributed by atoms with Crippen LogP contribution in [0.4, 0.5) is 18.0 Å². The van der Waals surface area contributed by atoms with Crippen LogP contribution in [-0.2, 0) is 0 Å². The van der Waals surface area contributed by atoms with Gasteiger partial charge in [-0.1, -0.05) is 26.7 Å². The Morgan fingerprint density at radius 2 is 1.83 bits per heavy atom. The van der Waals surface area contributed by atoms with Gasteiger partial charge < -0.3 is 15.3 Å². The van der Waals surface area contributed by atoms with Crippen LogP contribution in [-0.4, -0.2) is 47.4 Å². The normalized spacial score (nSPS) is 27.6. The maximum absolute atomic E-state index is 12.5. The van der Waals surface area contributed by atoms with Gasteiger partial charge >= 0.3 is 12.2 Å². The van der Waals surface area contributed by atoms with Gasteiger partial charge in [-0.05, 0) is 37.0 Å². The van der Waals surface area contributed by atoms with E-state index in [0.29, 0.717) is 0 Å². The van der Waals surface area contributed by atoms with Crippen molar-refractivity contribution in [3.63, 3.8) is 0 Å². The molecule has 1 saturated carbocycles. The molecule has 1 aliphatic carbocycles. The minimum atomic E-state index is -4.58. The van der Waals surface area contributed by atoms with Gasteiger partial charge in [0, 0.05) is 19.1 Å². The van der Waals surface area contributed by atoms with Crippen LogP contribution in [0.5, 0.6) is 0 Å². The van der Waals surface area contributed by atoms with Gasteiger partial charge in [-0.3, -0.25) is 0 Å². The summed E-state index contributed by atoms with van der Waals surface area (Å²) in [5, 5.41) is 12.4. The molecular formula is C16H27F3N2O2. The van der Waals surface area contributed by atoms with Crippen LogP contribution in [0.25, 0.3) is 0 Å². The summed E-state index contributed by atoms with van der Waals surface area (Å²) in [6.07, 6.45) is -2.23. The van der Waals surface area contributed by atoms with Crippen LogP contribution < -0.4 is 5.32 Å². The lowest BCUT2D eigenvalue weighted by atomic mass is 9.73. The number of halogens is 3. The van der Waals surface area contributed by atoms with E-state index >= 15 is 0 Å². The molecule has 2 amide bonds. The molecule has 0 radical (unpaired) electrons. The fourth-order valence-corrected chi connectivity index (χ4v) is 3.69. The number of piperidine rings is 1. The number of nitrogens with one attached hydrogen (secondary N) is 1. The molecule has 134 valence electrons. The number of alkyl halides is 3. The van der Waals surface area contributed by atoms with Crippen molar-refractivity contribution in [2.75, 3.05) is 13.1 Å². The Morgan fingerprint density at radius 1 is 1.22 bits per heavy atom. The number of aliphatic hydroxyl groups is 1. The highest BCUT2D eigenvalue weighted by atomic mass is 19.4. The Bertz CT molecular complexity index is 418. The topological polar surface area (TPSA) is 52.6 Å². The first-order valence-corrected chi connectivity index (χ1v) is 8.41. The first kappa shape index (κ1) is 18.4. The number of aliphatic hydroxyl groups excluding tert-OH is 1. The van der Waals surface area contributed by atoms with Gasteiger partial charge in [0.15, 0.2) is 6.10 Å². The molecule has 23 heavy (non-hydrogen) atoms. The maximum Gasteiger partial charge on any atom is 0.414 e. The zero-order chi connectivity index (χ0) is 17.3. The first-order valence-electron chi connectivity index (χ1n) is 8.41. The molecule has 1 heterocycles. The largest absolute Gasteiger partial charge is 0.414 e. The second kappa shape index (κ2) is 6.87. The number of carbonyl (C=O) groups is 1. The Hall–Kier alpha value is -0.980. The SMILES string of the molecule is CC1(C)CCCCC1NC(=O)N1CCC(C(O)C(F)(F)F)CC1. The Balaban J connectivity index is 1.84. The quantitative estimate of drug-likeness (QED) is 0.813. The van der Waals surface area contributed by atoms with E-state index in [1.165, 1.54) is 6.42 Å². The third kappa shape index (κ3) is 4.52. The highest BCUT2D eigenvalue weighted by molar-refractivity contribution is 5.74. The number of likely N-dealkylation sites (tertiary alicyclic amines) is 1. The summed E-state index contributed by atoms with van der Waals surface area (Å²) in [5.74, 6) is -0.815. The number of urea groups is 1.